The summed E-state index contributed by atoms with van der Waals surface area (Å²) in [5.41, 5.74) is 3.19. The summed E-state index contributed by atoms with van der Waals surface area (Å²) in [4.78, 5) is 7.27. The molecule has 1 atom stereocenters. The molecule has 0 aliphatic carbocycles. The summed E-state index contributed by atoms with van der Waals surface area (Å²) in [5, 5.41) is 8.14. The van der Waals surface area contributed by atoms with Gasteiger partial charge in [0.25, 0.3) is 0 Å². The van der Waals surface area contributed by atoms with E-state index >= 15 is 0 Å². The zero-order chi connectivity index (χ0) is 18.5. The van der Waals surface area contributed by atoms with Gasteiger partial charge in [-0.15, -0.1) is 5.10 Å². The number of pyridine rings is 1. The predicted molar refractivity (Wildman–Crippen MR) is 104 cm³/mol. The van der Waals surface area contributed by atoms with Crippen LogP contribution in [0.3, 0.4) is 0 Å². The van der Waals surface area contributed by atoms with Crippen LogP contribution in [0.4, 0.5) is 5.69 Å². The molecule has 0 bridgehead atoms. The summed E-state index contributed by atoms with van der Waals surface area (Å²) in [6.45, 7) is 15.0. The van der Waals surface area contributed by atoms with Crippen molar-refractivity contribution in [2.75, 3.05) is 31.1 Å². The topological polar surface area (TPSA) is 54.7 Å². The van der Waals surface area contributed by atoms with Crippen LogP contribution in [0, 0.1) is 12.3 Å². The molecule has 6 nitrogen and oxygen atoms in total. The third kappa shape index (κ3) is 3.32. The molecule has 2 aliphatic rings. The largest absolute Gasteiger partial charge is 0.370 e. The molecule has 4 heterocycles. The van der Waals surface area contributed by atoms with E-state index < -0.39 is 5.60 Å². The molecule has 1 unspecified atom stereocenters. The quantitative estimate of drug-likeness (QED) is 0.912. The first kappa shape index (κ1) is 17.7. The Morgan fingerprint density at radius 1 is 1.35 bits per heavy atom. The van der Waals surface area contributed by atoms with Crippen LogP contribution in [-0.2, 0) is 10.3 Å². The average Bonchev–Trinajstić information content (AvgIpc) is 3.26. The van der Waals surface area contributed by atoms with E-state index in [0.29, 0.717) is 5.41 Å². The van der Waals surface area contributed by atoms with Crippen LogP contribution >= 0.6 is 0 Å². The normalized spacial score (nSPS) is 23.3. The van der Waals surface area contributed by atoms with Gasteiger partial charge in [0.15, 0.2) is 11.5 Å². The summed E-state index contributed by atoms with van der Waals surface area (Å²) in [7, 11) is 0. The van der Waals surface area contributed by atoms with E-state index in [-0.39, 0.29) is 6.10 Å². The average molecular weight is 358 g/mol. The molecule has 2 aliphatic heterocycles. The molecule has 0 saturated carbocycles. The Morgan fingerprint density at radius 2 is 2.15 bits per heavy atom. The highest BCUT2D eigenvalue weighted by Gasteiger charge is 2.33. The fourth-order valence-electron chi connectivity index (χ4n) is 4.09. The van der Waals surface area contributed by atoms with E-state index in [4.69, 9.17) is 14.8 Å². The molecule has 0 aromatic carbocycles. The third-order valence-corrected chi connectivity index (χ3v) is 5.66. The lowest BCUT2D eigenvalue weighted by atomic mass is 9.93. The third-order valence-electron chi connectivity index (χ3n) is 5.66. The molecule has 0 radical (unpaired) electrons. The fourth-order valence-corrected chi connectivity index (χ4v) is 4.09. The highest BCUT2D eigenvalue weighted by molar-refractivity contribution is 5.57. The number of nitrogens with zero attached hydrogens (tertiary/aromatic N) is 4. The van der Waals surface area contributed by atoms with Crippen LogP contribution in [-0.4, -0.2) is 46.9 Å². The number of rotatable bonds is 4. The molecule has 0 spiro atoms. The number of aryl methyl sites for hydroxylation is 1. The number of anilines is 1. The lowest BCUT2D eigenvalue weighted by Crippen LogP contribution is -2.31. The van der Waals surface area contributed by atoms with Gasteiger partial charge in [0, 0.05) is 19.6 Å². The van der Waals surface area contributed by atoms with Crippen molar-refractivity contribution in [2.24, 2.45) is 5.41 Å². The van der Waals surface area contributed by atoms with E-state index in [1.807, 2.05) is 4.52 Å². The van der Waals surface area contributed by atoms with E-state index in [9.17, 15) is 0 Å². The molecule has 2 aromatic rings. The van der Waals surface area contributed by atoms with Gasteiger partial charge in [-0.05, 0) is 57.2 Å². The maximum absolute atomic E-state index is 6.30. The number of ether oxygens (including phenoxy) is 1. The van der Waals surface area contributed by atoms with Crippen molar-refractivity contribution in [1.29, 1.82) is 0 Å². The van der Waals surface area contributed by atoms with Gasteiger partial charge in [0.2, 0.25) is 0 Å². The Morgan fingerprint density at radius 3 is 2.81 bits per heavy atom. The molecule has 4 rings (SSSR count). The molecule has 2 aromatic heterocycles. The van der Waals surface area contributed by atoms with Gasteiger partial charge in [-0.3, -0.25) is 0 Å². The van der Waals surface area contributed by atoms with Crippen molar-refractivity contribution in [2.45, 2.75) is 59.2 Å². The Kier molecular flexibility index (Phi) is 4.23. The lowest BCUT2D eigenvalue weighted by molar-refractivity contribution is -0.0723. The highest BCUT2D eigenvalue weighted by Crippen LogP contribution is 2.33. The van der Waals surface area contributed by atoms with E-state index in [0.717, 1.165) is 49.6 Å². The monoisotopic (exact) mass is 357 g/mol. The maximum atomic E-state index is 6.30. The first-order chi connectivity index (χ1) is 12.2. The molecule has 6 heteroatoms. The number of nitrogens with one attached hydrogen (secondary N) is 1. The van der Waals surface area contributed by atoms with Crippen LogP contribution < -0.4 is 10.2 Å². The number of aromatic nitrogens is 3. The lowest BCUT2D eigenvalue weighted by Gasteiger charge is -2.25. The first-order valence-electron chi connectivity index (χ1n) is 9.75. The Hall–Kier alpha value is -1.66. The van der Waals surface area contributed by atoms with Crippen molar-refractivity contribution in [3.63, 3.8) is 0 Å². The Bertz CT molecular complexity index is 804. The Balaban J connectivity index is 1.63. The zero-order valence-corrected chi connectivity index (χ0v) is 16.7. The van der Waals surface area contributed by atoms with Crippen LogP contribution in [0.1, 0.15) is 51.9 Å². The molecule has 0 amide bonds. The summed E-state index contributed by atoms with van der Waals surface area (Å²) < 4.78 is 8.23. The standard InChI is InChI=1S/C20H31N5O/c1-14-10-15(24-9-7-19(2,3)13-24)12-25-17(14)22-18(23-25)20(4,5)26-16-6-8-21-11-16/h10,12,16,21H,6-9,11,13H2,1-5H3. The van der Waals surface area contributed by atoms with Crippen molar-refractivity contribution in [3.05, 3.63) is 23.7 Å². The summed E-state index contributed by atoms with van der Waals surface area (Å²) in [6, 6.07) is 2.24. The van der Waals surface area contributed by atoms with Crippen LogP contribution in [0.2, 0.25) is 0 Å². The maximum Gasteiger partial charge on any atom is 0.182 e. The van der Waals surface area contributed by atoms with Crippen molar-refractivity contribution < 1.29 is 4.74 Å². The second kappa shape index (κ2) is 6.20. The second-order valence-corrected chi connectivity index (χ2v) is 9.16. The molecule has 2 saturated heterocycles. The molecular formula is C20H31N5O. The molecule has 2 fully saturated rings. The van der Waals surface area contributed by atoms with Gasteiger partial charge < -0.3 is 15.0 Å². The molecular weight excluding hydrogens is 326 g/mol. The van der Waals surface area contributed by atoms with E-state index in [2.05, 4.69) is 57.1 Å². The summed E-state index contributed by atoms with van der Waals surface area (Å²) in [5.74, 6) is 0.756. The van der Waals surface area contributed by atoms with Gasteiger partial charge in [0.1, 0.15) is 5.60 Å². The van der Waals surface area contributed by atoms with Gasteiger partial charge in [-0.1, -0.05) is 13.8 Å². The predicted octanol–water partition coefficient (Wildman–Crippen LogP) is 2.89. The molecule has 1 N–H and O–H groups in total. The number of hydrogen-bond acceptors (Lipinski definition) is 5. The summed E-state index contributed by atoms with van der Waals surface area (Å²) in [6.07, 6.45) is 4.63. The van der Waals surface area contributed by atoms with Crippen LogP contribution in [0.25, 0.3) is 5.65 Å². The van der Waals surface area contributed by atoms with Crippen LogP contribution in [0.5, 0.6) is 0 Å². The van der Waals surface area contributed by atoms with Crippen molar-refractivity contribution >= 4 is 11.3 Å². The number of fused-ring (bicyclic) bond motifs is 1. The van der Waals surface area contributed by atoms with Crippen molar-refractivity contribution in [3.8, 4) is 0 Å². The van der Waals surface area contributed by atoms with Gasteiger partial charge in [0.05, 0.1) is 18.0 Å². The number of hydrogen-bond donors (Lipinski definition) is 1. The minimum atomic E-state index is -0.495. The summed E-state index contributed by atoms with van der Waals surface area (Å²) >= 11 is 0. The van der Waals surface area contributed by atoms with E-state index in [1.54, 1.807) is 0 Å². The van der Waals surface area contributed by atoms with Crippen LogP contribution in [0.15, 0.2) is 12.3 Å². The second-order valence-electron chi connectivity index (χ2n) is 9.16. The van der Waals surface area contributed by atoms with Crippen molar-refractivity contribution in [1.82, 2.24) is 19.9 Å². The smallest absolute Gasteiger partial charge is 0.182 e. The van der Waals surface area contributed by atoms with E-state index in [1.165, 1.54) is 12.1 Å². The molecule has 26 heavy (non-hydrogen) atoms. The Labute approximate surface area is 155 Å². The van der Waals surface area contributed by atoms with Gasteiger partial charge >= 0.3 is 0 Å². The zero-order valence-electron chi connectivity index (χ0n) is 16.7. The minimum absolute atomic E-state index is 0.236. The van der Waals surface area contributed by atoms with Gasteiger partial charge in [-0.2, -0.15) is 0 Å². The SMILES string of the molecule is Cc1cc(N2CCC(C)(C)C2)cn2nc(C(C)(C)OC3CCNC3)nc12. The minimum Gasteiger partial charge on any atom is -0.370 e. The highest BCUT2D eigenvalue weighted by atomic mass is 16.5. The molecule has 142 valence electrons. The van der Waals surface area contributed by atoms with Gasteiger partial charge in [-0.25, -0.2) is 9.50 Å². The fraction of sp³-hybridized carbons (Fsp3) is 0.700. The first-order valence-corrected chi connectivity index (χ1v) is 9.75.